The van der Waals surface area contributed by atoms with Gasteiger partial charge in [0.05, 0.1) is 15.6 Å². The zero-order chi connectivity index (χ0) is 14.5. The molecule has 0 unspecified atom stereocenters. The maximum Gasteiger partial charge on any atom is 0.253 e. The molecule has 0 heterocycles. The van der Waals surface area contributed by atoms with Gasteiger partial charge in [0.2, 0.25) is 0 Å². The third-order valence-corrected chi connectivity index (χ3v) is 3.92. The molecule has 0 bridgehead atoms. The maximum absolute atomic E-state index is 12.1. The van der Waals surface area contributed by atoms with Crippen LogP contribution in [-0.4, -0.2) is 5.91 Å². The molecule has 0 saturated heterocycles. The summed E-state index contributed by atoms with van der Waals surface area (Å²) in [6.45, 7) is 0.409. The number of benzene rings is 2. The highest BCUT2D eigenvalue weighted by molar-refractivity contribution is 6.43. The van der Waals surface area contributed by atoms with E-state index in [2.05, 4.69) is 5.32 Å². The molecule has 0 saturated carbocycles. The summed E-state index contributed by atoms with van der Waals surface area (Å²) in [6, 6.07) is 12.7. The summed E-state index contributed by atoms with van der Waals surface area (Å²) >= 11 is 17.7. The summed E-state index contributed by atoms with van der Waals surface area (Å²) in [5, 5.41) is 3.44. The number of hydrogen-bond acceptors (Lipinski definition) is 1. The van der Waals surface area contributed by atoms with E-state index < -0.39 is 0 Å². The first-order chi connectivity index (χ1) is 9.61. The molecule has 0 fully saturated rings. The molecule has 0 spiro atoms. The maximum atomic E-state index is 12.1. The Kier molecular flexibility index (Phi) is 5.30. The SMILES string of the molecule is O=C(NCc1cccc(CCl)c1)c1cccc(Cl)c1Cl. The summed E-state index contributed by atoms with van der Waals surface area (Å²) in [5.41, 5.74) is 2.36. The van der Waals surface area contributed by atoms with E-state index in [9.17, 15) is 4.79 Å². The van der Waals surface area contributed by atoms with E-state index in [0.29, 0.717) is 23.0 Å². The van der Waals surface area contributed by atoms with Gasteiger partial charge in [-0.1, -0.05) is 53.5 Å². The number of alkyl halides is 1. The fourth-order valence-corrected chi connectivity index (χ4v) is 2.33. The first-order valence-corrected chi connectivity index (χ1v) is 7.27. The highest BCUT2D eigenvalue weighted by Crippen LogP contribution is 2.25. The van der Waals surface area contributed by atoms with Crippen LogP contribution in [0.2, 0.25) is 10.0 Å². The van der Waals surface area contributed by atoms with Crippen LogP contribution in [0.4, 0.5) is 0 Å². The van der Waals surface area contributed by atoms with Gasteiger partial charge in [-0.2, -0.15) is 0 Å². The van der Waals surface area contributed by atoms with Crippen molar-refractivity contribution in [3.63, 3.8) is 0 Å². The highest BCUT2D eigenvalue weighted by Gasteiger charge is 2.12. The van der Waals surface area contributed by atoms with E-state index >= 15 is 0 Å². The second-order valence-corrected chi connectivity index (χ2v) is 5.29. The number of amides is 1. The van der Waals surface area contributed by atoms with Gasteiger partial charge in [-0.15, -0.1) is 11.6 Å². The Labute approximate surface area is 132 Å². The molecule has 2 aromatic rings. The van der Waals surface area contributed by atoms with Crippen LogP contribution in [0, 0.1) is 0 Å². The Morgan fingerprint density at radius 1 is 1.05 bits per heavy atom. The van der Waals surface area contributed by atoms with Gasteiger partial charge < -0.3 is 5.32 Å². The smallest absolute Gasteiger partial charge is 0.253 e. The minimum Gasteiger partial charge on any atom is -0.348 e. The van der Waals surface area contributed by atoms with E-state index in [0.717, 1.165) is 11.1 Å². The van der Waals surface area contributed by atoms with Crippen LogP contribution in [0.25, 0.3) is 0 Å². The van der Waals surface area contributed by atoms with Crippen LogP contribution >= 0.6 is 34.8 Å². The van der Waals surface area contributed by atoms with E-state index in [-0.39, 0.29) is 10.9 Å². The zero-order valence-corrected chi connectivity index (χ0v) is 12.8. The average Bonchev–Trinajstić information content (AvgIpc) is 2.48. The number of carbonyl (C=O) groups is 1. The van der Waals surface area contributed by atoms with Crippen molar-refractivity contribution in [1.82, 2.24) is 5.32 Å². The molecule has 5 heteroatoms. The highest BCUT2D eigenvalue weighted by atomic mass is 35.5. The standard InChI is InChI=1S/C15H12Cl3NO/c16-8-10-3-1-4-11(7-10)9-19-15(20)12-5-2-6-13(17)14(12)18/h1-7H,8-9H2,(H,19,20). The van der Waals surface area contributed by atoms with E-state index in [1.807, 2.05) is 24.3 Å². The summed E-state index contributed by atoms with van der Waals surface area (Å²) in [6.07, 6.45) is 0. The van der Waals surface area contributed by atoms with Crippen molar-refractivity contribution in [2.45, 2.75) is 12.4 Å². The number of halogens is 3. The first kappa shape index (κ1) is 15.2. The van der Waals surface area contributed by atoms with Gasteiger partial charge in [0.1, 0.15) is 0 Å². The predicted molar refractivity (Wildman–Crippen MR) is 83.6 cm³/mol. The molecule has 104 valence electrons. The Bertz CT molecular complexity index is 628. The Morgan fingerprint density at radius 2 is 1.75 bits per heavy atom. The molecule has 0 aromatic heterocycles. The van der Waals surface area contributed by atoms with Gasteiger partial charge in [-0.05, 0) is 23.3 Å². The molecule has 20 heavy (non-hydrogen) atoms. The zero-order valence-electron chi connectivity index (χ0n) is 10.5. The van der Waals surface area contributed by atoms with Crippen molar-refractivity contribution in [1.29, 1.82) is 0 Å². The van der Waals surface area contributed by atoms with Gasteiger partial charge in [-0.3, -0.25) is 4.79 Å². The molecule has 0 aliphatic carbocycles. The molecule has 0 aliphatic rings. The van der Waals surface area contributed by atoms with Crippen LogP contribution in [0.3, 0.4) is 0 Å². The fraction of sp³-hybridized carbons (Fsp3) is 0.133. The third-order valence-electron chi connectivity index (χ3n) is 2.79. The fourth-order valence-electron chi connectivity index (χ4n) is 1.78. The van der Waals surface area contributed by atoms with Gasteiger partial charge in [0.25, 0.3) is 5.91 Å². The Hall–Kier alpha value is -1.22. The van der Waals surface area contributed by atoms with Crippen molar-refractivity contribution in [2.24, 2.45) is 0 Å². The topological polar surface area (TPSA) is 29.1 Å². The molecule has 1 N–H and O–H groups in total. The van der Waals surface area contributed by atoms with Crippen molar-refractivity contribution in [3.05, 3.63) is 69.2 Å². The van der Waals surface area contributed by atoms with Gasteiger partial charge in [-0.25, -0.2) is 0 Å². The molecule has 2 aromatic carbocycles. The Balaban J connectivity index is 2.06. The largest absolute Gasteiger partial charge is 0.348 e. The predicted octanol–water partition coefficient (Wildman–Crippen LogP) is 4.66. The molecule has 2 nitrogen and oxygen atoms in total. The van der Waals surface area contributed by atoms with Gasteiger partial charge in [0.15, 0.2) is 0 Å². The summed E-state index contributed by atoms with van der Waals surface area (Å²) < 4.78 is 0. The monoisotopic (exact) mass is 327 g/mol. The van der Waals surface area contributed by atoms with Crippen molar-refractivity contribution in [3.8, 4) is 0 Å². The molecule has 1 amide bonds. The van der Waals surface area contributed by atoms with Crippen molar-refractivity contribution in [2.75, 3.05) is 0 Å². The molecule has 2 rings (SSSR count). The van der Waals surface area contributed by atoms with Crippen LogP contribution in [0.1, 0.15) is 21.5 Å². The summed E-state index contributed by atoms with van der Waals surface area (Å²) in [4.78, 5) is 12.1. The van der Waals surface area contributed by atoms with Crippen LogP contribution in [-0.2, 0) is 12.4 Å². The molecule has 0 atom stereocenters. The van der Waals surface area contributed by atoms with Crippen molar-refractivity contribution < 1.29 is 4.79 Å². The number of hydrogen-bond donors (Lipinski definition) is 1. The van der Waals surface area contributed by atoms with E-state index in [4.69, 9.17) is 34.8 Å². The lowest BCUT2D eigenvalue weighted by Gasteiger charge is -2.08. The minimum absolute atomic E-state index is 0.256. The number of carbonyl (C=O) groups excluding carboxylic acids is 1. The molecule has 0 aliphatic heterocycles. The molecular formula is C15H12Cl3NO. The van der Waals surface area contributed by atoms with Gasteiger partial charge >= 0.3 is 0 Å². The van der Waals surface area contributed by atoms with Crippen molar-refractivity contribution >= 4 is 40.7 Å². The van der Waals surface area contributed by atoms with Crippen LogP contribution in [0.15, 0.2) is 42.5 Å². The minimum atomic E-state index is -0.256. The van der Waals surface area contributed by atoms with Gasteiger partial charge in [0, 0.05) is 12.4 Å². The van der Waals surface area contributed by atoms with Crippen LogP contribution < -0.4 is 5.32 Å². The second-order valence-electron chi connectivity index (χ2n) is 4.24. The molecule has 0 radical (unpaired) electrons. The second kappa shape index (κ2) is 6.98. The lowest BCUT2D eigenvalue weighted by molar-refractivity contribution is 0.0951. The summed E-state index contributed by atoms with van der Waals surface area (Å²) in [5.74, 6) is 0.191. The number of nitrogens with one attached hydrogen (secondary N) is 1. The Morgan fingerprint density at radius 3 is 2.50 bits per heavy atom. The average molecular weight is 329 g/mol. The quantitative estimate of drug-likeness (QED) is 0.812. The summed E-state index contributed by atoms with van der Waals surface area (Å²) in [7, 11) is 0. The van der Waals surface area contributed by atoms with E-state index in [1.165, 1.54) is 0 Å². The molecular weight excluding hydrogens is 317 g/mol. The normalized spacial score (nSPS) is 10.3. The number of rotatable bonds is 4. The lowest BCUT2D eigenvalue weighted by atomic mass is 10.1. The van der Waals surface area contributed by atoms with E-state index in [1.54, 1.807) is 18.2 Å². The lowest BCUT2D eigenvalue weighted by Crippen LogP contribution is -2.23. The van der Waals surface area contributed by atoms with Crippen LogP contribution in [0.5, 0.6) is 0 Å². The third kappa shape index (κ3) is 3.66. The first-order valence-electron chi connectivity index (χ1n) is 5.98.